The smallest absolute Gasteiger partial charge is 0.338 e. The number of ether oxygens (including phenoxy) is 1. The second-order valence-electron chi connectivity index (χ2n) is 5.50. The molecule has 0 saturated heterocycles. The number of carbonyl (C=O) groups excluding carboxylic acids is 2. The lowest BCUT2D eigenvalue weighted by Crippen LogP contribution is -2.50. The Hall–Kier alpha value is -2.55. The second-order valence-corrected chi connectivity index (χ2v) is 5.50. The van der Waals surface area contributed by atoms with E-state index in [2.05, 4.69) is 11.4 Å². The summed E-state index contributed by atoms with van der Waals surface area (Å²) in [4.78, 5) is 23.7. The summed E-state index contributed by atoms with van der Waals surface area (Å²) >= 11 is 0. The fourth-order valence-electron chi connectivity index (χ4n) is 2.56. The molecule has 0 unspecified atom stereocenters. The van der Waals surface area contributed by atoms with E-state index in [1.807, 2.05) is 0 Å². The fourth-order valence-corrected chi connectivity index (χ4v) is 2.56. The van der Waals surface area contributed by atoms with Gasteiger partial charge in [-0.3, -0.25) is 4.79 Å². The van der Waals surface area contributed by atoms with Gasteiger partial charge < -0.3 is 15.8 Å². The number of nitriles is 1. The number of benzene rings is 1. The van der Waals surface area contributed by atoms with Crippen molar-refractivity contribution in [2.24, 2.45) is 0 Å². The van der Waals surface area contributed by atoms with Gasteiger partial charge in [0.15, 0.2) is 6.61 Å². The molecule has 1 aromatic rings. The maximum Gasteiger partial charge on any atom is 0.338 e. The summed E-state index contributed by atoms with van der Waals surface area (Å²) in [6, 6.07) is 8.43. The number of rotatable bonds is 4. The topological polar surface area (TPSA) is 105 Å². The van der Waals surface area contributed by atoms with Gasteiger partial charge in [-0.05, 0) is 37.1 Å². The molecule has 1 aliphatic rings. The van der Waals surface area contributed by atoms with Crippen LogP contribution in [0.15, 0.2) is 24.3 Å². The molecule has 0 bridgehead atoms. The predicted molar refractivity (Wildman–Crippen MR) is 80.7 cm³/mol. The molecule has 6 heteroatoms. The molecule has 1 aliphatic carbocycles. The number of nitrogens with zero attached hydrogens (tertiary/aromatic N) is 1. The van der Waals surface area contributed by atoms with Gasteiger partial charge in [-0.15, -0.1) is 0 Å². The highest BCUT2D eigenvalue weighted by Gasteiger charge is 2.33. The van der Waals surface area contributed by atoms with Crippen molar-refractivity contribution in [1.29, 1.82) is 5.26 Å². The van der Waals surface area contributed by atoms with Crippen molar-refractivity contribution >= 4 is 17.6 Å². The highest BCUT2D eigenvalue weighted by Crippen LogP contribution is 2.27. The minimum atomic E-state index is -0.817. The lowest BCUT2D eigenvalue weighted by atomic mass is 9.83. The van der Waals surface area contributed by atoms with Gasteiger partial charge in [-0.2, -0.15) is 5.26 Å². The van der Waals surface area contributed by atoms with Gasteiger partial charge in [0.05, 0.1) is 11.6 Å². The fraction of sp³-hybridized carbons (Fsp3) is 0.438. The molecule has 0 spiro atoms. The Balaban J connectivity index is 1.86. The molecule has 6 nitrogen and oxygen atoms in total. The molecule has 0 heterocycles. The van der Waals surface area contributed by atoms with Crippen molar-refractivity contribution in [2.45, 2.75) is 37.6 Å². The summed E-state index contributed by atoms with van der Waals surface area (Å²) in [6.07, 6.45) is 4.19. The van der Waals surface area contributed by atoms with E-state index in [4.69, 9.17) is 10.5 Å². The number of anilines is 1. The number of hydrogen-bond acceptors (Lipinski definition) is 5. The van der Waals surface area contributed by atoms with Crippen molar-refractivity contribution in [3.63, 3.8) is 0 Å². The number of esters is 1. The molecule has 1 saturated carbocycles. The highest BCUT2D eigenvalue weighted by molar-refractivity contribution is 5.91. The molecule has 0 atom stereocenters. The first-order valence-electron chi connectivity index (χ1n) is 7.30. The molecule has 0 radical (unpaired) electrons. The molecular formula is C16H19N3O3. The number of carbonyl (C=O) groups is 2. The SMILES string of the molecule is N#CC1(NC(=O)COC(=O)c2ccc(N)cc2)CCCCC1. The van der Waals surface area contributed by atoms with Crippen LogP contribution in [0.1, 0.15) is 42.5 Å². The van der Waals surface area contributed by atoms with Gasteiger partial charge in [0.1, 0.15) is 5.54 Å². The molecule has 22 heavy (non-hydrogen) atoms. The summed E-state index contributed by atoms with van der Waals surface area (Å²) in [5, 5.41) is 12.0. The molecular weight excluding hydrogens is 282 g/mol. The summed E-state index contributed by atoms with van der Waals surface area (Å²) in [5.74, 6) is -1.04. The van der Waals surface area contributed by atoms with Crippen LogP contribution in [-0.2, 0) is 9.53 Å². The van der Waals surface area contributed by atoms with Crippen molar-refractivity contribution in [1.82, 2.24) is 5.32 Å². The summed E-state index contributed by atoms with van der Waals surface area (Å²) < 4.78 is 4.96. The normalized spacial score (nSPS) is 16.3. The van der Waals surface area contributed by atoms with Crippen LogP contribution in [0.4, 0.5) is 5.69 Å². The Bertz CT molecular complexity index is 584. The maximum absolute atomic E-state index is 11.9. The number of amides is 1. The van der Waals surface area contributed by atoms with E-state index in [9.17, 15) is 14.9 Å². The zero-order valence-electron chi connectivity index (χ0n) is 12.3. The zero-order valence-corrected chi connectivity index (χ0v) is 12.3. The largest absolute Gasteiger partial charge is 0.452 e. The van der Waals surface area contributed by atoms with Crippen LogP contribution in [0, 0.1) is 11.3 Å². The quantitative estimate of drug-likeness (QED) is 0.651. The Morgan fingerprint density at radius 1 is 1.23 bits per heavy atom. The summed E-state index contributed by atoms with van der Waals surface area (Å²) in [7, 11) is 0. The average molecular weight is 301 g/mol. The Kier molecular flexibility index (Phi) is 4.99. The predicted octanol–water partition coefficient (Wildman–Crippen LogP) is 1.77. The minimum absolute atomic E-state index is 0.328. The Labute approximate surface area is 129 Å². The molecule has 3 N–H and O–H groups in total. The first kappa shape index (κ1) is 15.8. The van der Waals surface area contributed by atoms with Crippen molar-refractivity contribution < 1.29 is 14.3 Å². The molecule has 0 aliphatic heterocycles. The van der Waals surface area contributed by atoms with Crippen LogP contribution in [-0.4, -0.2) is 24.0 Å². The third kappa shape index (κ3) is 3.98. The van der Waals surface area contributed by atoms with Crippen LogP contribution in [0.25, 0.3) is 0 Å². The summed E-state index contributed by atoms with van der Waals surface area (Å²) in [6.45, 7) is -0.396. The molecule has 1 fully saturated rings. The molecule has 0 aromatic heterocycles. The first-order valence-corrected chi connectivity index (χ1v) is 7.30. The number of nitrogen functional groups attached to an aromatic ring is 1. The van der Waals surface area contributed by atoms with Crippen LogP contribution < -0.4 is 11.1 Å². The monoisotopic (exact) mass is 301 g/mol. The van der Waals surface area contributed by atoms with E-state index in [-0.39, 0.29) is 0 Å². The molecule has 116 valence electrons. The van der Waals surface area contributed by atoms with Gasteiger partial charge in [0, 0.05) is 5.69 Å². The van der Waals surface area contributed by atoms with Crippen LogP contribution in [0.5, 0.6) is 0 Å². The van der Waals surface area contributed by atoms with Crippen molar-refractivity contribution in [2.75, 3.05) is 12.3 Å². The standard InChI is InChI=1S/C16H19N3O3/c17-11-16(8-2-1-3-9-16)19-14(20)10-22-15(21)12-4-6-13(18)7-5-12/h4-7H,1-3,8-10,18H2,(H,19,20). The van der Waals surface area contributed by atoms with E-state index in [0.29, 0.717) is 24.1 Å². The summed E-state index contributed by atoms with van der Waals surface area (Å²) in [5.41, 5.74) is 5.59. The van der Waals surface area contributed by atoms with Crippen LogP contribution in [0.2, 0.25) is 0 Å². The van der Waals surface area contributed by atoms with Gasteiger partial charge in [0.2, 0.25) is 0 Å². The van der Waals surface area contributed by atoms with E-state index in [1.165, 1.54) is 12.1 Å². The van der Waals surface area contributed by atoms with E-state index in [0.717, 1.165) is 19.3 Å². The zero-order chi connectivity index (χ0) is 16.0. The third-order valence-corrected chi connectivity index (χ3v) is 3.78. The van der Waals surface area contributed by atoms with Gasteiger partial charge in [-0.25, -0.2) is 4.79 Å². The Morgan fingerprint density at radius 2 is 1.86 bits per heavy atom. The number of nitrogens with two attached hydrogens (primary N) is 1. The molecule has 2 rings (SSSR count). The van der Waals surface area contributed by atoms with Crippen molar-refractivity contribution in [3.05, 3.63) is 29.8 Å². The lowest BCUT2D eigenvalue weighted by Gasteiger charge is -2.31. The minimum Gasteiger partial charge on any atom is -0.452 e. The molecule has 1 amide bonds. The van der Waals surface area contributed by atoms with Crippen molar-refractivity contribution in [3.8, 4) is 6.07 Å². The second kappa shape index (κ2) is 6.94. The Morgan fingerprint density at radius 3 is 2.45 bits per heavy atom. The van der Waals surface area contributed by atoms with Crippen LogP contribution >= 0.6 is 0 Å². The van der Waals surface area contributed by atoms with E-state index < -0.39 is 24.0 Å². The van der Waals surface area contributed by atoms with E-state index >= 15 is 0 Å². The highest BCUT2D eigenvalue weighted by atomic mass is 16.5. The third-order valence-electron chi connectivity index (χ3n) is 3.78. The van der Waals surface area contributed by atoms with Gasteiger partial charge in [0.25, 0.3) is 5.91 Å². The first-order chi connectivity index (χ1) is 10.5. The van der Waals surface area contributed by atoms with Gasteiger partial charge >= 0.3 is 5.97 Å². The van der Waals surface area contributed by atoms with Crippen LogP contribution in [0.3, 0.4) is 0 Å². The number of hydrogen-bond donors (Lipinski definition) is 2. The maximum atomic E-state index is 11.9. The number of nitrogens with one attached hydrogen (secondary N) is 1. The molecule has 1 aromatic carbocycles. The van der Waals surface area contributed by atoms with Gasteiger partial charge in [-0.1, -0.05) is 19.3 Å². The van der Waals surface area contributed by atoms with E-state index in [1.54, 1.807) is 12.1 Å². The average Bonchev–Trinajstić information content (AvgIpc) is 2.54. The lowest BCUT2D eigenvalue weighted by molar-refractivity contribution is -0.125.